The first-order valence-electron chi connectivity index (χ1n) is 3.78. The van der Waals surface area contributed by atoms with E-state index in [1.165, 1.54) is 7.05 Å². The molecule has 0 aliphatic heterocycles. The van der Waals surface area contributed by atoms with Crippen molar-refractivity contribution in [3.05, 3.63) is 0 Å². The number of amides is 1. The van der Waals surface area contributed by atoms with Crippen molar-refractivity contribution in [2.75, 3.05) is 7.05 Å². The fourth-order valence-electron chi connectivity index (χ4n) is 0.795. The third kappa shape index (κ3) is 5.58. The minimum atomic E-state index is -0.198. The molecule has 3 nitrogen and oxygen atoms in total. The largest absolute Gasteiger partial charge is 0.359 e. The molecule has 1 amide bonds. The van der Waals surface area contributed by atoms with Crippen LogP contribution in [0.2, 0.25) is 0 Å². The number of rotatable bonds is 4. The van der Waals surface area contributed by atoms with Crippen LogP contribution in [0.25, 0.3) is 0 Å². The highest BCUT2D eigenvalue weighted by molar-refractivity contribution is 5.97. The van der Waals surface area contributed by atoms with Gasteiger partial charge in [-0.25, -0.2) is 0 Å². The van der Waals surface area contributed by atoms with Crippen LogP contribution in [0.5, 0.6) is 0 Å². The Bertz CT molecular complexity index is 152. The predicted octanol–water partition coefficient (Wildman–Crippen LogP) is 0.738. The first kappa shape index (κ1) is 10.1. The first-order valence-corrected chi connectivity index (χ1v) is 3.78. The molecule has 0 spiro atoms. The van der Waals surface area contributed by atoms with Gasteiger partial charge in [-0.2, -0.15) is 0 Å². The van der Waals surface area contributed by atoms with E-state index in [-0.39, 0.29) is 18.1 Å². The van der Waals surface area contributed by atoms with E-state index in [9.17, 15) is 9.59 Å². The van der Waals surface area contributed by atoms with E-state index in [1.807, 2.05) is 13.8 Å². The van der Waals surface area contributed by atoms with Gasteiger partial charge in [-0.3, -0.25) is 9.59 Å². The van der Waals surface area contributed by atoms with Crippen LogP contribution in [-0.4, -0.2) is 18.7 Å². The zero-order valence-corrected chi connectivity index (χ0v) is 7.31. The molecule has 0 bridgehead atoms. The minimum absolute atomic E-state index is 0.0133. The zero-order valence-electron chi connectivity index (χ0n) is 7.31. The van der Waals surface area contributed by atoms with Gasteiger partial charge in [0.05, 0.1) is 6.42 Å². The molecule has 0 aromatic carbocycles. The van der Waals surface area contributed by atoms with Gasteiger partial charge in [-0.1, -0.05) is 13.8 Å². The summed E-state index contributed by atoms with van der Waals surface area (Å²) in [5.41, 5.74) is 0. The second-order valence-electron chi connectivity index (χ2n) is 2.99. The fourth-order valence-corrected chi connectivity index (χ4v) is 0.795. The Morgan fingerprint density at radius 3 is 2.27 bits per heavy atom. The summed E-state index contributed by atoms with van der Waals surface area (Å²) in [4.78, 5) is 21.6. The van der Waals surface area contributed by atoms with Crippen LogP contribution in [0.3, 0.4) is 0 Å². The summed E-state index contributed by atoms with van der Waals surface area (Å²) in [5, 5.41) is 2.41. The van der Waals surface area contributed by atoms with Gasteiger partial charge in [0.2, 0.25) is 5.91 Å². The highest BCUT2D eigenvalue weighted by Gasteiger charge is 2.08. The second kappa shape index (κ2) is 4.88. The number of carbonyl (C=O) groups excluding carboxylic acids is 2. The topological polar surface area (TPSA) is 46.2 Å². The van der Waals surface area contributed by atoms with Gasteiger partial charge in [0.15, 0.2) is 0 Å². The Hall–Kier alpha value is -0.860. The molecule has 1 N–H and O–H groups in total. The third-order valence-electron chi connectivity index (χ3n) is 1.27. The van der Waals surface area contributed by atoms with E-state index >= 15 is 0 Å². The fraction of sp³-hybridized carbons (Fsp3) is 0.750. The SMILES string of the molecule is CNC(=O)CC(=O)CC(C)C. The van der Waals surface area contributed by atoms with Gasteiger partial charge in [-0.15, -0.1) is 0 Å². The zero-order chi connectivity index (χ0) is 8.85. The lowest BCUT2D eigenvalue weighted by atomic mass is 10.1. The molecule has 0 aliphatic rings. The lowest BCUT2D eigenvalue weighted by molar-refractivity contribution is -0.128. The number of nitrogens with one attached hydrogen (secondary N) is 1. The van der Waals surface area contributed by atoms with Crippen molar-refractivity contribution in [2.24, 2.45) is 5.92 Å². The van der Waals surface area contributed by atoms with Crippen LogP contribution in [0.4, 0.5) is 0 Å². The van der Waals surface area contributed by atoms with E-state index < -0.39 is 0 Å². The second-order valence-corrected chi connectivity index (χ2v) is 2.99. The van der Waals surface area contributed by atoms with Gasteiger partial charge < -0.3 is 5.32 Å². The van der Waals surface area contributed by atoms with Gasteiger partial charge in [0.25, 0.3) is 0 Å². The number of Topliss-reactive ketones (excluding diaryl/α,β-unsaturated/α-hetero) is 1. The lowest BCUT2D eigenvalue weighted by Gasteiger charge is -2.01. The maximum absolute atomic E-state index is 11.0. The number of hydrogen-bond acceptors (Lipinski definition) is 2. The van der Waals surface area contributed by atoms with Crippen LogP contribution < -0.4 is 5.32 Å². The molecule has 0 saturated heterocycles. The van der Waals surface area contributed by atoms with Gasteiger partial charge in [0, 0.05) is 13.5 Å². The van der Waals surface area contributed by atoms with Gasteiger partial charge >= 0.3 is 0 Å². The minimum Gasteiger partial charge on any atom is -0.359 e. The van der Waals surface area contributed by atoms with Crippen LogP contribution >= 0.6 is 0 Å². The molecule has 11 heavy (non-hydrogen) atoms. The van der Waals surface area contributed by atoms with E-state index in [2.05, 4.69) is 5.32 Å². The Labute approximate surface area is 67.2 Å². The van der Waals surface area contributed by atoms with Crippen LogP contribution in [0.1, 0.15) is 26.7 Å². The number of hydrogen-bond donors (Lipinski definition) is 1. The van der Waals surface area contributed by atoms with E-state index in [0.717, 1.165) is 0 Å². The summed E-state index contributed by atoms with van der Waals surface area (Å²) in [6.07, 6.45) is 0.516. The molecule has 0 heterocycles. The summed E-state index contributed by atoms with van der Waals surface area (Å²) in [6, 6.07) is 0. The Kier molecular flexibility index (Phi) is 4.50. The predicted molar refractivity (Wildman–Crippen MR) is 43.1 cm³/mol. The van der Waals surface area contributed by atoms with Gasteiger partial charge in [-0.05, 0) is 5.92 Å². The van der Waals surface area contributed by atoms with E-state index in [4.69, 9.17) is 0 Å². The third-order valence-corrected chi connectivity index (χ3v) is 1.27. The van der Waals surface area contributed by atoms with Crippen LogP contribution in [0.15, 0.2) is 0 Å². The molecule has 0 aliphatic carbocycles. The summed E-state index contributed by atoms with van der Waals surface area (Å²) >= 11 is 0. The molecule has 64 valence electrons. The van der Waals surface area contributed by atoms with Gasteiger partial charge in [0.1, 0.15) is 5.78 Å². The van der Waals surface area contributed by atoms with Crippen molar-refractivity contribution < 1.29 is 9.59 Å². The Morgan fingerprint density at radius 1 is 1.36 bits per heavy atom. The smallest absolute Gasteiger partial charge is 0.227 e. The quantitative estimate of drug-likeness (QED) is 0.612. The standard InChI is InChI=1S/C8H15NO2/c1-6(2)4-7(10)5-8(11)9-3/h6H,4-5H2,1-3H3,(H,9,11). The molecule has 0 unspecified atom stereocenters. The van der Waals surface area contributed by atoms with Crippen molar-refractivity contribution in [1.82, 2.24) is 5.32 Å². The first-order chi connectivity index (χ1) is 5.06. The maximum Gasteiger partial charge on any atom is 0.227 e. The van der Waals surface area contributed by atoms with E-state index in [1.54, 1.807) is 0 Å². The molecule has 3 heteroatoms. The monoisotopic (exact) mass is 157 g/mol. The average Bonchev–Trinajstić information content (AvgIpc) is 1.85. The Morgan fingerprint density at radius 2 is 1.91 bits per heavy atom. The molecule has 0 aromatic heterocycles. The summed E-state index contributed by atoms with van der Waals surface area (Å²) in [6.45, 7) is 3.92. The molecule has 0 atom stereocenters. The average molecular weight is 157 g/mol. The number of ketones is 1. The molecule has 0 saturated carbocycles. The van der Waals surface area contributed by atoms with Crippen molar-refractivity contribution in [1.29, 1.82) is 0 Å². The molecule has 0 fully saturated rings. The summed E-state index contributed by atoms with van der Waals surface area (Å²) in [7, 11) is 1.53. The molecule has 0 aromatic rings. The van der Waals surface area contributed by atoms with Crippen molar-refractivity contribution in [3.8, 4) is 0 Å². The molecular weight excluding hydrogens is 142 g/mol. The highest BCUT2D eigenvalue weighted by Crippen LogP contribution is 2.01. The molecular formula is C8H15NO2. The highest BCUT2D eigenvalue weighted by atomic mass is 16.2. The van der Waals surface area contributed by atoms with Crippen LogP contribution in [-0.2, 0) is 9.59 Å². The lowest BCUT2D eigenvalue weighted by Crippen LogP contribution is -2.21. The molecule has 0 radical (unpaired) electrons. The molecule has 0 rings (SSSR count). The Balaban J connectivity index is 3.61. The van der Waals surface area contributed by atoms with Crippen molar-refractivity contribution in [3.63, 3.8) is 0 Å². The maximum atomic E-state index is 11.0. The van der Waals surface area contributed by atoms with Crippen LogP contribution in [0, 0.1) is 5.92 Å². The number of carbonyl (C=O) groups is 2. The van der Waals surface area contributed by atoms with E-state index in [0.29, 0.717) is 12.3 Å². The van der Waals surface area contributed by atoms with Crippen molar-refractivity contribution in [2.45, 2.75) is 26.7 Å². The summed E-state index contributed by atoms with van der Waals surface area (Å²) < 4.78 is 0. The van der Waals surface area contributed by atoms with Crippen molar-refractivity contribution >= 4 is 11.7 Å². The summed E-state index contributed by atoms with van der Waals surface area (Å²) in [5.74, 6) is 0.155. The normalized spacial score (nSPS) is 9.82.